The number of hydrogen-bond donors (Lipinski definition) is 3. The Hall–Kier alpha value is -2.38. The number of nitrogens with zero attached hydrogens (tertiary/aromatic N) is 2. The van der Waals surface area contributed by atoms with Gasteiger partial charge in [0.15, 0.2) is 5.96 Å². The fraction of sp³-hybridized carbons (Fsp3) is 0.714. The van der Waals surface area contributed by atoms with Gasteiger partial charge in [0.05, 0.1) is 18.4 Å². The average Bonchev–Trinajstić information content (AvgIpc) is 3.40. The minimum atomic E-state index is -0.154. The molecule has 3 aliphatic carbocycles. The first kappa shape index (κ1) is 19.9. The molecule has 2 saturated carbocycles. The number of carbonyl (C=O) groups is 3. The summed E-state index contributed by atoms with van der Waals surface area (Å²) in [6, 6.07) is 0.282. The van der Waals surface area contributed by atoms with Crippen molar-refractivity contribution >= 4 is 23.7 Å². The van der Waals surface area contributed by atoms with E-state index in [0.29, 0.717) is 19.0 Å². The van der Waals surface area contributed by atoms with Gasteiger partial charge >= 0.3 is 0 Å². The molecular formula is C21H31N5O3. The molecule has 3 N–H and O–H groups in total. The van der Waals surface area contributed by atoms with E-state index in [0.717, 1.165) is 19.3 Å². The second-order valence-corrected chi connectivity index (χ2v) is 8.58. The van der Waals surface area contributed by atoms with Crippen LogP contribution in [0.15, 0.2) is 17.1 Å². The number of hydrogen-bond acceptors (Lipinski definition) is 4. The number of carbonyl (C=O) groups excluding carboxylic acids is 3. The van der Waals surface area contributed by atoms with E-state index in [1.165, 1.54) is 24.2 Å². The third-order valence-corrected chi connectivity index (χ3v) is 6.80. The third kappa shape index (κ3) is 4.02. The minimum absolute atomic E-state index is 0.0338. The van der Waals surface area contributed by atoms with Gasteiger partial charge in [-0.05, 0) is 31.1 Å². The van der Waals surface area contributed by atoms with Crippen LogP contribution in [0.4, 0.5) is 0 Å². The van der Waals surface area contributed by atoms with Gasteiger partial charge in [-0.2, -0.15) is 0 Å². The van der Waals surface area contributed by atoms with Gasteiger partial charge in [0.1, 0.15) is 0 Å². The van der Waals surface area contributed by atoms with Gasteiger partial charge in [-0.15, -0.1) is 0 Å². The van der Waals surface area contributed by atoms with Crippen LogP contribution >= 0.6 is 0 Å². The molecule has 1 heterocycles. The Morgan fingerprint density at radius 2 is 1.72 bits per heavy atom. The highest BCUT2D eigenvalue weighted by atomic mass is 16.2. The summed E-state index contributed by atoms with van der Waals surface area (Å²) in [7, 11) is 1.63. The molecule has 4 aliphatic rings. The maximum Gasteiger partial charge on any atom is 0.239 e. The monoisotopic (exact) mass is 401 g/mol. The summed E-state index contributed by atoms with van der Waals surface area (Å²) in [5, 5.41) is 9.16. The number of rotatable bonds is 6. The first-order valence-electron chi connectivity index (χ1n) is 10.9. The molecule has 0 aromatic rings. The Labute approximate surface area is 171 Å². The topological polar surface area (TPSA) is 103 Å². The van der Waals surface area contributed by atoms with Crippen molar-refractivity contribution < 1.29 is 14.4 Å². The van der Waals surface area contributed by atoms with Crippen LogP contribution in [-0.4, -0.2) is 61.3 Å². The fourth-order valence-electron chi connectivity index (χ4n) is 5.38. The molecule has 4 unspecified atom stereocenters. The SMILES string of the molecule is CN=C(NCCN1C(=O)C2C3C=CC(C3)C2C1=O)NCC(=O)NC1CCCCC1. The fourth-order valence-corrected chi connectivity index (χ4v) is 5.38. The van der Waals surface area contributed by atoms with Gasteiger partial charge in [-0.25, -0.2) is 0 Å². The molecule has 4 rings (SSSR count). The average molecular weight is 402 g/mol. The van der Waals surface area contributed by atoms with E-state index in [4.69, 9.17) is 0 Å². The van der Waals surface area contributed by atoms with Gasteiger partial charge in [0.2, 0.25) is 17.7 Å². The van der Waals surface area contributed by atoms with Crippen LogP contribution in [0.1, 0.15) is 38.5 Å². The van der Waals surface area contributed by atoms with E-state index in [2.05, 4.69) is 33.1 Å². The van der Waals surface area contributed by atoms with Crippen LogP contribution in [0.5, 0.6) is 0 Å². The first-order valence-corrected chi connectivity index (χ1v) is 10.9. The molecule has 0 aromatic heterocycles. The molecule has 4 atom stereocenters. The lowest BCUT2D eigenvalue weighted by atomic mass is 9.85. The van der Waals surface area contributed by atoms with Crippen LogP contribution in [0.2, 0.25) is 0 Å². The highest BCUT2D eigenvalue weighted by molar-refractivity contribution is 6.06. The largest absolute Gasteiger partial charge is 0.355 e. The Morgan fingerprint density at radius 1 is 1.07 bits per heavy atom. The summed E-state index contributed by atoms with van der Waals surface area (Å²) in [5.74, 6) is 0.539. The lowest BCUT2D eigenvalue weighted by Gasteiger charge is -2.23. The zero-order chi connectivity index (χ0) is 20.4. The Morgan fingerprint density at radius 3 is 2.34 bits per heavy atom. The highest BCUT2D eigenvalue weighted by Crippen LogP contribution is 2.52. The summed E-state index contributed by atoms with van der Waals surface area (Å²) >= 11 is 0. The summed E-state index contributed by atoms with van der Waals surface area (Å²) in [6.45, 7) is 0.875. The van der Waals surface area contributed by atoms with Crippen LogP contribution < -0.4 is 16.0 Å². The molecule has 3 fully saturated rings. The Kier molecular flexibility index (Phi) is 5.87. The van der Waals surface area contributed by atoms with Crippen molar-refractivity contribution in [1.82, 2.24) is 20.9 Å². The van der Waals surface area contributed by atoms with Gasteiger partial charge in [0.25, 0.3) is 0 Å². The second kappa shape index (κ2) is 8.55. The van der Waals surface area contributed by atoms with E-state index >= 15 is 0 Å². The minimum Gasteiger partial charge on any atom is -0.355 e. The number of guanidine groups is 1. The number of aliphatic imine (C=N–C) groups is 1. The van der Waals surface area contributed by atoms with E-state index in [1.54, 1.807) is 7.05 Å². The van der Waals surface area contributed by atoms with Crippen LogP contribution in [0.25, 0.3) is 0 Å². The van der Waals surface area contributed by atoms with Crippen LogP contribution in [-0.2, 0) is 14.4 Å². The lowest BCUT2D eigenvalue weighted by molar-refractivity contribution is -0.140. The van der Waals surface area contributed by atoms with Crippen molar-refractivity contribution in [2.24, 2.45) is 28.7 Å². The number of fused-ring (bicyclic) bond motifs is 5. The summed E-state index contributed by atoms with van der Waals surface area (Å²) < 4.78 is 0. The predicted octanol–water partition coefficient (Wildman–Crippen LogP) is 0.407. The summed E-state index contributed by atoms with van der Waals surface area (Å²) in [4.78, 5) is 43.0. The number of likely N-dealkylation sites (tertiary alicyclic amines) is 1. The van der Waals surface area contributed by atoms with Crippen molar-refractivity contribution in [2.75, 3.05) is 26.7 Å². The first-order chi connectivity index (χ1) is 14.1. The molecule has 1 aliphatic heterocycles. The third-order valence-electron chi connectivity index (χ3n) is 6.80. The maximum atomic E-state index is 12.7. The quantitative estimate of drug-likeness (QED) is 0.259. The molecule has 0 radical (unpaired) electrons. The molecule has 29 heavy (non-hydrogen) atoms. The van der Waals surface area contributed by atoms with E-state index in [9.17, 15) is 14.4 Å². The molecule has 8 nitrogen and oxygen atoms in total. The van der Waals surface area contributed by atoms with E-state index in [1.807, 2.05) is 0 Å². The molecule has 8 heteroatoms. The standard InChI is InChI=1S/C21H31N5O3/c1-22-21(24-12-16(27)25-15-5-3-2-4-6-15)23-9-10-26-19(28)17-13-7-8-14(11-13)18(17)20(26)29/h7-8,13-15,17-18H,2-6,9-12H2,1H3,(H,25,27)(H2,22,23,24). The second-order valence-electron chi connectivity index (χ2n) is 8.58. The molecule has 0 aromatic carbocycles. The van der Waals surface area contributed by atoms with Gasteiger partial charge in [-0.1, -0.05) is 31.4 Å². The summed E-state index contributed by atoms with van der Waals surface area (Å²) in [5.41, 5.74) is 0. The van der Waals surface area contributed by atoms with Crippen LogP contribution in [0, 0.1) is 23.7 Å². The number of allylic oxidation sites excluding steroid dienone is 2. The zero-order valence-electron chi connectivity index (χ0n) is 17.0. The van der Waals surface area contributed by atoms with Gasteiger partial charge in [-0.3, -0.25) is 24.3 Å². The molecule has 1 saturated heterocycles. The van der Waals surface area contributed by atoms with Crippen molar-refractivity contribution in [3.8, 4) is 0 Å². The van der Waals surface area contributed by atoms with Crippen molar-refractivity contribution in [1.29, 1.82) is 0 Å². The zero-order valence-corrected chi connectivity index (χ0v) is 17.0. The molecule has 158 valence electrons. The molecular weight excluding hydrogens is 370 g/mol. The smallest absolute Gasteiger partial charge is 0.239 e. The van der Waals surface area contributed by atoms with E-state index in [-0.39, 0.29) is 54.0 Å². The highest BCUT2D eigenvalue weighted by Gasteiger charge is 2.58. The van der Waals surface area contributed by atoms with Gasteiger partial charge < -0.3 is 16.0 Å². The van der Waals surface area contributed by atoms with E-state index < -0.39 is 0 Å². The summed E-state index contributed by atoms with van der Waals surface area (Å²) in [6.07, 6.45) is 10.8. The molecule has 2 bridgehead atoms. The number of imide groups is 1. The molecule has 0 spiro atoms. The maximum absolute atomic E-state index is 12.7. The Bertz CT molecular complexity index is 698. The van der Waals surface area contributed by atoms with Crippen molar-refractivity contribution in [3.05, 3.63) is 12.2 Å². The van der Waals surface area contributed by atoms with Gasteiger partial charge in [0, 0.05) is 26.2 Å². The Balaban J connectivity index is 1.19. The van der Waals surface area contributed by atoms with Crippen LogP contribution in [0.3, 0.4) is 0 Å². The number of amides is 3. The predicted molar refractivity (Wildman–Crippen MR) is 109 cm³/mol. The normalized spacial score (nSPS) is 31.3. The van der Waals surface area contributed by atoms with Crippen molar-refractivity contribution in [3.63, 3.8) is 0 Å². The lowest BCUT2D eigenvalue weighted by Crippen LogP contribution is -2.47. The molecule has 3 amide bonds. The number of nitrogens with one attached hydrogen (secondary N) is 3. The van der Waals surface area contributed by atoms with Crippen molar-refractivity contribution in [2.45, 2.75) is 44.6 Å².